The van der Waals surface area contributed by atoms with Crippen molar-refractivity contribution in [2.24, 2.45) is 0 Å². The zero-order chi connectivity index (χ0) is 14.3. The van der Waals surface area contributed by atoms with Crippen molar-refractivity contribution < 1.29 is 14.7 Å². The van der Waals surface area contributed by atoms with Crippen molar-refractivity contribution >= 4 is 23.6 Å². The van der Waals surface area contributed by atoms with Crippen molar-refractivity contribution in [3.05, 3.63) is 24.0 Å². The lowest BCUT2D eigenvalue weighted by molar-refractivity contribution is -0.139. The molecule has 1 aromatic heterocycles. The van der Waals surface area contributed by atoms with Gasteiger partial charge in [-0.2, -0.15) is 11.8 Å². The monoisotopic (exact) mass is 284 g/mol. The molecule has 0 aliphatic heterocycles. The number of nitrogens with one attached hydrogen (secondary N) is 1. The van der Waals surface area contributed by atoms with E-state index >= 15 is 0 Å². The number of thioether (sulfide) groups is 1. The number of amides is 1. The molecule has 1 amide bonds. The number of nitrogens with zero attached hydrogens (tertiary/aromatic N) is 1. The summed E-state index contributed by atoms with van der Waals surface area (Å²) in [5.74, 6) is -0.615. The van der Waals surface area contributed by atoms with E-state index in [0.717, 1.165) is 13.0 Å². The number of carbonyl (C=O) groups is 2. The third-order valence-electron chi connectivity index (χ3n) is 2.74. The van der Waals surface area contributed by atoms with Crippen LogP contribution in [0.3, 0.4) is 0 Å². The standard InChI is InChI=1S/C13H20N2O3S/c1-3-7-15-8-4-5-11(15)12(16)14-10(13(17)18)6-9-19-2/h4-5,8,10H,3,6-7,9H2,1-2H3,(H,14,16)(H,17,18)/t10-/m1/s1. The lowest BCUT2D eigenvalue weighted by Gasteiger charge is -2.15. The highest BCUT2D eigenvalue weighted by Crippen LogP contribution is 2.06. The van der Waals surface area contributed by atoms with Crippen molar-refractivity contribution in [2.75, 3.05) is 12.0 Å². The van der Waals surface area contributed by atoms with Gasteiger partial charge in [0, 0.05) is 12.7 Å². The van der Waals surface area contributed by atoms with Gasteiger partial charge in [0.1, 0.15) is 11.7 Å². The molecular formula is C13H20N2O3S. The van der Waals surface area contributed by atoms with E-state index in [1.54, 1.807) is 23.9 Å². The molecule has 6 heteroatoms. The number of hydrogen-bond acceptors (Lipinski definition) is 3. The lowest BCUT2D eigenvalue weighted by atomic mass is 10.2. The second kappa shape index (κ2) is 7.89. The molecule has 1 rings (SSSR count). The van der Waals surface area contributed by atoms with Crippen LogP contribution in [0.25, 0.3) is 0 Å². The van der Waals surface area contributed by atoms with Crippen LogP contribution in [-0.2, 0) is 11.3 Å². The number of aryl methyl sites for hydroxylation is 1. The second-order valence-corrected chi connectivity index (χ2v) is 5.22. The van der Waals surface area contributed by atoms with Crippen LogP contribution in [0.5, 0.6) is 0 Å². The zero-order valence-electron chi connectivity index (χ0n) is 11.3. The van der Waals surface area contributed by atoms with E-state index in [1.165, 1.54) is 0 Å². The van der Waals surface area contributed by atoms with Crippen molar-refractivity contribution in [1.82, 2.24) is 9.88 Å². The summed E-state index contributed by atoms with van der Waals surface area (Å²) in [5.41, 5.74) is 0.511. The summed E-state index contributed by atoms with van der Waals surface area (Å²) < 4.78 is 1.84. The Balaban J connectivity index is 2.70. The normalized spacial score (nSPS) is 12.1. The molecule has 1 heterocycles. The molecule has 0 saturated heterocycles. The highest BCUT2D eigenvalue weighted by molar-refractivity contribution is 7.98. The highest BCUT2D eigenvalue weighted by atomic mass is 32.2. The third kappa shape index (κ3) is 4.63. The molecule has 0 fully saturated rings. The van der Waals surface area contributed by atoms with Crippen LogP contribution in [-0.4, -0.2) is 39.6 Å². The quantitative estimate of drug-likeness (QED) is 0.764. The van der Waals surface area contributed by atoms with Crippen molar-refractivity contribution in [1.29, 1.82) is 0 Å². The summed E-state index contributed by atoms with van der Waals surface area (Å²) in [6, 6.07) is 2.67. The van der Waals surface area contributed by atoms with Gasteiger partial charge in [-0.3, -0.25) is 4.79 Å². The van der Waals surface area contributed by atoms with Crippen LogP contribution in [0, 0.1) is 0 Å². The number of carboxylic acids is 1. The van der Waals surface area contributed by atoms with Crippen LogP contribution in [0.1, 0.15) is 30.3 Å². The summed E-state index contributed by atoms with van der Waals surface area (Å²) in [6.45, 7) is 2.78. The maximum absolute atomic E-state index is 12.1. The van der Waals surface area contributed by atoms with Gasteiger partial charge in [-0.25, -0.2) is 4.79 Å². The van der Waals surface area contributed by atoms with Crippen LogP contribution in [0.15, 0.2) is 18.3 Å². The van der Waals surface area contributed by atoms with Gasteiger partial charge in [-0.15, -0.1) is 0 Å². The Morgan fingerprint density at radius 1 is 1.53 bits per heavy atom. The molecule has 106 valence electrons. The Morgan fingerprint density at radius 2 is 2.26 bits per heavy atom. The van der Waals surface area contributed by atoms with Gasteiger partial charge >= 0.3 is 5.97 Å². The Kier molecular flexibility index (Phi) is 6.49. The molecule has 0 aliphatic carbocycles. The number of aromatic nitrogens is 1. The van der Waals surface area contributed by atoms with E-state index < -0.39 is 12.0 Å². The van der Waals surface area contributed by atoms with E-state index in [-0.39, 0.29) is 5.91 Å². The molecular weight excluding hydrogens is 264 g/mol. The van der Waals surface area contributed by atoms with Crippen LogP contribution in [0.2, 0.25) is 0 Å². The summed E-state index contributed by atoms with van der Waals surface area (Å²) in [5, 5.41) is 11.7. The fourth-order valence-electron chi connectivity index (χ4n) is 1.78. The van der Waals surface area contributed by atoms with E-state index in [9.17, 15) is 9.59 Å². The molecule has 0 aliphatic rings. The van der Waals surface area contributed by atoms with Gasteiger partial charge in [-0.1, -0.05) is 6.92 Å². The summed E-state index contributed by atoms with van der Waals surface area (Å²) >= 11 is 1.56. The van der Waals surface area contributed by atoms with Crippen molar-refractivity contribution in [2.45, 2.75) is 32.4 Å². The number of carbonyl (C=O) groups excluding carboxylic acids is 1. The average Bonchev–Trinajstić information content (AvgIpc) is 2.82. The fourth-order valence-corrected chi connectivity index (χ4v) is 2.25. The predicted octanol–water partition coefficient (Wildman–Crippen LogP) is 1.83. The van der Waals surface area contributed by atoms with Crippen molar-refractivity contribution in [3.63, 3.8) is 0 Å². The molecule has 0 aromatic carbocycles. The maximum atomic E-state index is 12.1. The molecule has 19 heavy (non-hydrogen) atoms. The Labute approximate surface area is 117 Å². The van der Waals surface area contributed by atoms with E-state index in [1.807, 2.05) is 23.9 Å². The van der Waals surface area contributed by atoms with Crippen molar-refractivity contribution in [3.8, 4) is 0 Å². The van der Waals surface area contributed by atoms with Gasteiger partial charge in [-0.05, 0) is 37.0 Å². The van der Waals surface area contributed by atoms with Gasteiger partial charge in [0.2, 0.25) is 0 Å². The SMILES string of the molecule is CCCn1cccc1C(=O)N[C@H](CCSC)C(=O)O. The highest BCUT2D eigenvalue weighted by Gasteiger charge is 2.21. The smallest absolute Gasteiger partial charge is 0.326 e. The first-order chi connectivity index (χ1) is 9.10. The van der Waals surface area contributed by atoms with Gasteiger partial charge in [0.15, 0.2) is 0 Å². The molecule has 5 nitrogen and oxygen atoms in total. The maximum Gasteiger partial charge on any atom is 0.326 e. The van der Waals surface area contributed by atoms with Crippen LogP contribution in [0.4, 0.5) is 0 Å². The molecule has 0 bridgehead atoms. The first-order valence-corrected chi connectivity index (χ1v) is 7.67. The molecule has 1 aromatic rings. The number of hydrogen-bond donors (Lipinski definition) is 2. The Bertz CT molecular complexity index is 431. The van der Waals surface area contributed by atoms with Crippen LogP contribution < -0.4 is 5.32 Å². The topological polar surface area (TPSA) is 71.3 Å². The molecule has 1 atom stereocenters. The summed E-state index contributed by atoms with van der Waals surface area (Å²) in [6.07, 6.45) is 5.09. The van der Waals surface area contributed by atoms with Gasteiger partial charge < -0.3 is 15.0 Å². The van der Waals surface area contributed by atoms with E-state index in [4.69, 9.17) is 5.11 Å². The minimum absolute atomic E-state index is 0.327. The second-order valence-electron chi connectivity index (χ2n) is 4.23. The average molecular weight is 284 g/mol. The molecule has 0 saturated carbocycles. The number of aliphatic carboxylic acids is 1. The minimum Gasteiger partial charge on any atom is -0.480 e. The first-order valence-electron chi connectivity index (χ1n) is 6.27. The summed E-state index contributed by atoms with van der Waals surface area (Å²) in [4.78, 5) is 23.2. The van der Waals surface area contributed by atoms with E-state index in [2.05, 4.69) is 5.32 Å². The molecule has 0 spiro atoms. The number of rotatable bonds is 8. The largest absolute Gasteiger partial charge is 0.480 e. The van der Waals surface area contributed by atoms with E-state index in [0.29, 0.717) is 17.9 Å². The Hall–Kier alpha value is -1.43. The molecule has 0 unspecified atom stereocenters. The number of carboxylic acid groups (broad SMARTS) is 1. The fraction of sp³-hybridized carbons (Fsp3) is 0.538. The summed E-state index contributed by atoms with van der Waals surface area (Å²) in [7, 11) is 0. The predicted molar refractivity (Wildman–Crippen MR) is 76.6 cm³/mol. The minimum atomic E-state index is -0.990. The van der Waals surface area contributed by atoms with Gasteiger partial charge in [0.25, 0.3) is 5.91 Å². The first kappa shape index (κ1) is 15.6. The third-order valence-corrected chi connectivity index (χ3v) is 3.38. The van der Waals surface area contributed by atoms with Gasteiger partial charge in [0.05, 0.1) is 0 Å². The molecule has 0 radical (unpaired) electrons. The Morgan fingerprint density at radius 3 is 2.84 bits per heavy atom. The molecule has 2 N–H and O–H groups in total. The zero-order valence-corrected chi connectivity index (χ0v) is 12.1. The van der Waals surface area contributed by atoms with Crippen LogP contribution >= 0.6 is 11.8 Å². The lowest BCUT2D eigenvalue weighted by Crippen LogP contribution is -2.41.